The molecular weight excluding hydrogens is 222 g/mol. The Kier molecular flexibility index (Phi) is 6.61. The fraction of sp³-hybridized carbons (Fsp3) is 1.00. The van der Waals surface area contributed by atoms with Crippen LogP contribution >= 0.6 is 0 Å². The molecular formula is C15H33N3. The minimum atomic E-state index is 0.350. The van der Waals surface area contributed by atoms with Crippen molar-refractivity contribution < 1.29 is 0 Å². The maximum atomic E-state index is 3.57. The molecule has 1 heterocycles. The fourth-order valence-electron chi connectivity index (χ4n) is 2.78. The maximum absolute atomic E-state index is 3.57. The van der Waals surface area contributed by atoms with E-state index in [2.05, 4.69) is 49.7 Å². The van der Waals surface area contributed by atoms with Crippen molar-refractivity contribution in [2.24, 2.45) is 5.41 Å². The van der Waals surface area contributed by atoms with Gasteiger partial charge in [0.1, 0.15) is 0 Å². The van der Waals surface area contributed by atoms with Crippen LogP contribution in [-0.2, 0) is 0 Å². The second kappa shape index (κ2) is 7.46. The molecule has 1 atom stereocenters. The zero-order chi connectivity index (χ0) is 13.6. The summed E-state index contributed by atoms with van der Waals surface area (Å²) >= 11 is 0. The number of hydrogen-bond acceptors (Lipinski definition) is 3. The van der Waals surface area contributed by atoms with E-state index in [-0.39, 0.29) is 0 Å². The van der Waals surface area contributed by atoms with Crippen molar-refractivity contribution in [1.29, 1.82) is 0 Å². The van der Waals surface area contributed by atoms with E-state index in [1.807, 2.05) is 0 Å². The van der Waals surface area contributed by atoms with Gasteiger partial charge in [-0.2, -0.15) is 0 Å². The topological polar surface area (TPSA) is 18.5 Å². The van der Waals surface area contributed by atoms with Crippen molar-refractivity contribution in [1.82, 2.24) is 15.1 Å². The summed E-state index contributed by atoms with van der Waals surface area (Å²) in [5.74, 6) is 0. The Morgan fingerprint density at radius 1 is 1.06 bits per heavy atom. The van der Waals surface area contributed by atoms with Crippen LogP contribution in [0.5, 0.6) is 0 Å². The highest BCUT2D eigenvalue weighted by Crippen LogP contribution is 2.22. The fourth-order valence-corrected chi connectivity index (χ4v) is 2.78. The van der Waals surface area contributed by atoms with Gasteiger partial charge >= 0.3 is 0 Å². The molecule has 0 radical (unpaired) electrons. The Morgan fingerprint density at radius 2 is 1.61 bits per heavy atom. The quantitative estimate of drug-likeness (QED) is 0.751. The van der Waals surface area contributed by atoms with Crippen LogP contribution in [0.2, 0.25) is 0 Å². The SMILES string of the molecule is CCCN1CCN(CC(C)(C)C(C)NCC)CC1. The van der Waals surface area contributed by atoms with Gasteiger partial charge in [-0.15, -0.1) is 0 Å². The van der Waals surface area contributed by atoms with Gasteiger partial charge in [-0.3, -0.25) is 0 Å². The predicted molar refractivity (Wildman–Crippen MR) is 80.1 cm³/mol. The number of nitrogens with zero attached hydrogens (tertiary/aromatic N) is 2. The van der Waals surface area contributed by atoms with Crippen LogP contribution in [0.3, 0.4) is 0 Å². The summed E-state index contributed by atoms with van der Waals surface area (Å²) in [6.45, 7) is 20.1. The van der Waals surface area contributed by atoms with Crippen LogP contribution in [0.25, 0.3) is 0 Å². The summed E-state index contributed by atoms with van der Waals surface area (Å²) in [5.41, 5.74) is 0.350. The Balaban J connectivity index is 2.35. The largest absolute Gasteiger partial charge is 0.314 e. The van der Waals surface area contributed by atoms with E-state index in [9.17, 15) is 0 Å². The highest BCUT2D eigenvalue weighted by Gasteiger charge is 2.29. The van der Waals surface area contributed by atoms with Crippen LogP contribution in [0.4, 0.5) is 0 Å². The average molecular weight is 255 g/mol. The highest BCUT2D eigenvalue weighted by molar-refractivity contribution is 4.85. The summed E-state index contributed by atoms with van der Waals surface area (Å²) in [5, 5.41) is 3.57. The maximum Gasteiger partial charge on any atom is 0.0110 e. The van der Waals surface area contributed by atoms with Crippen molar-refractivity contribution in [2.45, 2.75) is 47.1 Å². The van der Waals surface area contributed by atoms with Crippen molar-refractivity contribution in [3.8, 4) is 0 Å². The molecule has 0 aromatic rings. The van der Waals surface area contributed by atoms with Crippen LogP contribution in [0.15, 0.2) is 0 Å². The Bertz CT molecular complexity index is 220. The lowest BCUT2D eigenvalue weighted by Gasteiger charge is -2.41. The Labute approximate surface area is 114 Å². The Hall–Kier alpha value is -0.120. The molecule has 1 unspecified atom stereocenters. The second-order valence-electron chi connectivity index (χ2n) is 6.39. The van der Waals surface area contributed by atoms with Gasteiger partial charge in [0.05, 0.1) is 0 Å². The minimum Gasteiger partial charge on any atom is -0.314 e. The van der Waals surface area contributed by atoms with E-state index < -0.39 is 0 Å². The van der Waals surface area contributed by atoms with Crippen molar-refractivity contribution >= 4 is 0 Å². The van der Waals surface area contributed by atoms with Crippen LogP contribution < -0.4 is 5.32 Å². The lowest BCUT2D eigenvalue weighted by Crippen LogP contribution is -2.52. The summed E-state index contributed by atoms with van der Waals surface area (Å²) in [6, 6.07) is 0.580. The van der Waals surface area contributed by atoms with Gasteiger partial charge in [0.15, 0.2) is 0 Å². The smallest absolute Gasteiger partial charge is 0.0110 e. The molecule has 3 nitrogen and oxygen atoms in total. The normalized spacial score (nSPS) is 21.2. The molecule has 1 N–H and O–H groups in total. The van der Waals surface area contributed by atoms with Crippen LogP contribution in [0, 0.1) is 5.41 Å². The van der Waals surface area contributed by atoms with Gasteiger partial charge < -0.3 is 15.1 Å². The molecule has 0 aliphatic carbocycles. The van der Waals surface area contributed by atoms with Gasteiger partial charge in [-0.25, -0.2) is 0 Å². The molecule has 18 heavy (non-hydrogen) atoms. The van der Waals surface area contributed by atoms with Gasteiger partial charge in [0.25, 0.3) is 0 Å². The average Bonchev–Trinajstić information content (AvgIpc) is 2.32. The van der Waals surface area contributed by atoms with Gasteiger partial charge in [0, 0.05) is 38.8 Å². The van der Waals surface area contributed by atoms with E-state index in [0.29, 0.717) is 11.5 Å². The number of rotatable bonds is 7. The Morgan fingerprint density at radius 3 is 2.11 bits per heavy atom. The third kappa shape index (κ3) is 4.87. The first kappa shape index (κ1) is 15.9. The summed E-state index contributed by atoms with van der Waals surface area (Å²) < 4.78 is 0. The number of piperazine rings is 1. The monoisotopic (exact) mass is 255 g/mol. The number of hydrogen-bond donors (Lipinski definition) is 1. The molecule has 1 aliphatic heterocycles. The standard InChI is InChI=1S/C15H33N3/c1-6-8-17-9-11-18(12-10-17)13-15(4,5)14(3)16-7-2/h14,16H,6-13H2,1-5H3. The molecule has 0 bridgehead atoms. The lowest BCUT2D eigenvalue weighted by molar-refractivity contribution is 0.0835. The van der Waals surface area contributed by atoms with Crippen LogP contribution in [0.1, 0.15) is 41.0 Å². The molecule has 108 valence electrons. The number of nitrogens with one attached hydrogen (secondary N) is 1. The minimum absolute atomic E-state index is 0.350. The first-order chi connectivity index (χ1) is 8.49. The van der Waals surface area contributed by atoms with E-state index in [1.165, 1.54) is 45.7 Å². The molecule has 1 aliphatic rings. The second-order valence-corrected chi connectivity index (χ2v) is 6.39. The van der Waals surface area contributed by atoms with E-state index >= 15 is 0 Å². The summed E-state index contributed by atoms with van der Waals surface area (Å²) in [7, 11) is 0. The van der Waals surface area contributed by atoms with Crippen molar-refractivity contribution in [3.05, 3.63) is 0 Å². The van der Waals surface area contributed by atoms with Gasteiger partial charge in [-0.05, 0) is 31.8 Å². The summed E-state index contributed by atoms with van der Waals surface area (Å²) in [4.78, 5) is 5.23. The van der Waals surface area contributed by atoms with Gasteiger partial charge in [0.2, 0.25) is 0 Å². The third-order valence-corrected chi connectivity index (χ3v) is 4.32. The van der Waals surface area contributed by atoms with E-state index in [1.54, 1.807) is 0 Å². The first-order valence-corrected chi connectivity index (χ1v) is 7.67. The van der Waals surface area contributed by atoms with Gasteiger partial charge in [-0.1, -0.05) is 27.7 Å². The molecule has 0 amide bonds. The third-order valence-electron chi connectivity index (χ3n) is 4.32. The zero-order valence-corrected chi connectivity index (χ0v) is 13.1. The first-order valence-electron chi connectivity index (χ1n) is 7.67. The molecule has 1 saturated heterocycles. The molecule has 0 saturated carbocycles. The zero-order valence-electron chi connectivity index (χ0n) is 13.1. The van der Waals surface area contributed by atoms with E-state index in [0.717, 1.165) is 6.54 Å². The molecule has 1 fully saturated rings. The molecule has 3 heteroatoms. The molecule has 0 aromatic heterocycles. The molecule has 0 aromatic carbocycles. The molecule has 1 rings (SSSR count). The summed E-state index contributed by atoms with van der Waals surface area (Å²) in [6.07, 6.45) is 1.28. The lowest BCUT2D eigenvalue weighted by atomic mass is 9.84. The highest BCUT2D eigenvalue weighted by atomic mass is 15.3. The van der Waals surface area contributed by atoms with Crippen molar-refractivity contribution in [2.75, 3.05) is 45.8 Å². The van der Waals surface area contributed by atoms with E-state index in [4.69, 9.17) is 0 Å². The predicted octanol–water partition coefficient (Wildman–Crippen LogP) is 2.04. The van der Waals surface area contributed by atoms with Crippen LogP contribution in [-0.4, -0.2) is 61.7 Å². The molecule has 0 spiro atoms. The van der Waals surface area contributed by atoms with Crippen molar-refractivity contribution in [3.63, 3.8) is 0 Å².